The van der Waals surface area contributed by atoms with E-state index in [-0.39, 0.29) is 13.0 Å². The molecule has 0 amide bonds. The van der Waals surface area contributed by atoms with Crippen LogP contribution in [0.1, 0.15) is 5.89 Å². The van der Waals surface area contributed by atoms with E-state index in [0.29, 0.717) is 17.4 Å². The van der Waals surface area contributed by atoms with E-state index in [4.69, 9.17) is 9.26 Å². The van der Waals surface area contributed by atoms with Crippen molar-refractivity contribution in [3.63, 3.8) is 0 Å². The average Bonchev–Trinajstić information content (AvgIpc) is 2.87. The fourth-order valence-electron chi connectivity index (χ4n) is 1.43. The van der Waals surface area contributed by atoms with Crippen molar-refractivity contribution in [2.75, 3.05) is 13.7 Å². The first-order chi connectivity index (χ1) is 8.19. The van der Waals surface area contributed by atoms with E-state index >= 15 is 0 Å². The number of rotatable bonds is 5. The van der Waals surface area contributed by atoms with Crippen molar-refractivity contribution in [3.05, 3.63) is 18.2 Å². The van der Waals surface area contributed by atoms with Crippen molar-refractivity contribution >= 4 is 0 Å². The minimum absolute atomic E-state index is 0.237. The summed E-state index contributed by atoms with van der Waals surface area (Å²) in [5.74, 6) is 0.792. The lowest BCUT2D eigenvalue weighted by Crippen LogP contribution is -2.17. The summed E-state index contributed by atoms with van der Waals surface area (Å²) in [6.45, 7) is 0.237. The molecule has 7 heteroatoms. The maximum Gasteiger partial charge on any atom is 0.229 e. The van der Waals surface area contributed by atoms with Crippen LogP contribution >= 0.6 is 0 Å². The summed E-state index contributed by atoms with van der Waals surface area (Å²) in [7, 11) is 3.34. The summed E-state index contributed by atoms with van der Waals surface area (Å²) >= 11 is 0. The van der Waals surface area contributed by atoms with Crippen LogP contribution in [0.25, 0.3) is 11.5 Å². The molecule has 0 aliphatic rings. The van der Waals surface area contributed by atoms with E-state index in [1.807, 2.05) is 7.05 Å². The molecule has 0 saturated carbocycles. The summed E-state index contributed by atoms with van der Waals surface area (Å²) in [6, 6.07) is 1.79. The fourth-order valence-corrected chi connectivity index (χ4v) is 1.43. The molecular weight excluding hydrogens is 224 g/mol. The average molecular weight is 238 g/mol. The van der Waals surface area contributed by atoms with Crippen molar-refractivity contribution in [2.45, 2.75) is 12.5 Å². The Bertz CT molecular complexity index is 479. The Morgan fingerprint density at radius 3 is 3.06 bits per heavy atom. The Morgan fingerprint density at radius 2 is 2.41 bits per heavy atom. The number of aliphatic hydroxyl groups is 1. The fraction of sp³-hybridized carbons (Fsp3) is 0.500. The molecule has 0 aromatic carbocycles. The van der Waals surface area contributed by atoms with Crippen LogP contribution < -0.4 is 0 Å². The molecule has 7 nitrogen and oxygen atoms in total. The number of nitrogens with zero attached hydrogens (tertiary/aromatic N) is 4. The first kappa shape index (κ1) is 11.7. The highest BCUT2D eigenvalue weighted by Crippen LogP contribution is 2.13. The van der Waals surface area contributed by atoms with Crippen LogP contribution in [0.3, 0.4) is 0 Å². The van der Waals surface area contributed by atoms with Gasteiger partial charge < -0.3 is 14.4 Å². The molecule has 0 aliphatic heterocycles. The first-order valence-corrected chi connectivity index (χ1v) is 5.18. The van der Waals surface area contributed by atoms with E-state index in [0.717, 1.165) is 0 Å². The molecule has 17 heavy (non-hydrogen) atoms. The number of ether oxygens (including phenoxy) is 1. The van der Waals surface area contributed by atoms with Gasteiger partial charge in [-0.25, -0.2) is 0 Å². The minimum atomic E-state index is -0.642. The van der Waals surface area contributed by atoms with Gasteiger partial charge in [-0.15, -0.1) is 0 Å². The molecule has 92 valence electrons. The van der Waals surface area contributed by atoms with Gasteiger partial charge in [0.05, 0.1) is 19.1 Å². The Hall–Kier alpha value is -1.73. The molecule has 0 spiro atoms. The van der Waals surface area contributed by atoms with Crippen LogP contribution in [0.4, 0.5) is 0 Å². The van der Waals surface area contributed by atoms with Crippen LogP contribution in [-0.2, 0) is 18.2 Å². The zero-order valence-corrected chi connectivity index (χ0v) is 9.70. The molecule has 2 rings (SSSR count). The van der Waals surface area contributed by atoms with Crippen LogP contribution in [-0.4, -0.2) is 44.8 Å². The summed E-state index contributed by atoms with van der Waals surface area (Å²) in [5.41, 5.74) is 0.642. The number of hydrogen-bond donors (Lipinski definition) is 1. The van der Waals surface area contributed by atoms with Crippen molar-refractivity contribution in [2.24, 2.45) is 7.05 Å². The Labute approximate surface area is 98.0 Å². The van der Waals surface area contributed by atoms with Crippen molar-refractivity contribution in [1.82, 2.24) is 19.9 Å². The molecule has 2 aromatic heterocycles. The lowest BCUT2D eigenvalue weighted by Gasteiger charge is -2.04. The molecule has 1 atom stereocenters. The Morgan fingerprint density at radius 1 is 1.59 bits per heavy atom. The van der Waals surface area contributed by atoms with E-state index in [1.165, 1.54) is 7.11 Å². The number of methoxy groups -OCH3 is 1. The van der Waals surface area contributed by atoms with Crippen molar-refractivity contribution in [3.8, 4) is 11.5 Å². The molecule has 1 N–H and O–H groups in total. The van der Waals surface area contributed by atoms with Gasteiger partial charge in [0.25, 0.3) is 0 Å². The molecule has 2 aromatic rings. The maximum absolute atomic E-state index is 9.51. The van der Waals surface area contributed by atoms with Crippen LogP contribution in [0.15, 0.2) is 16.8 Å². The standard InChI is InChI=1S/C10H14N4O3/c1-14-4-3-8(12-14)10-11-9(17-13-10)5-7(15)6-16-2/h3-4,7,15H,5-6H2,1-2H3. The summed E-state index contributed by atoms with van der Waals surface area (Å²) < 4.78 is 11.5. The molecule has 0 saturated heterocycles. The number of aryl methyl sites for hydroxylation is 1. The van der Waals surface area contributed by atoms with E-state index in [1.54, 1.807) is 16.9 Å². The van der Waals surface area contributed by atoms with E-state index < -0.39 is 6.10 Å². The van der Waals surface area contributed by atoms with Gasteiger partial charge in [-0.05, 0) is 6.07 Å². The van der Waals surface area contributed by atoms with E-state index in [2.05, 4.69) is 15.2 Å². The Kier molecular flexibility index (Phi) is 3.50. The molecular formula is C10H14N4O3. The molecule has 0 bridgehead atoms. The predicted octanol–water partition coefficient (Wildman–Crippen LogP) is 0.0199. The summed E-state index contributed by atoms with van der Waals surface area (Å²) in [6.07, 6.45) is 1.43. The molecule has 1 unspecified atom stereocenters. The smallest absolute Gasteiger partial charge is 0.229 e. The SMILES string of the molecule is COCC(O)Cc1nc(-c2ccn(C)n2)no1. The third-order valence-corrected chi connectivity index (χ3v) is 2.18. The van der Waals surface area contributed by atoms with Gasteiger partial charge in [-0.1, -0.05) is 5.16 Å². The second-order valence-electron chi connectivity index (χ2n) is 3.70. The van der Waals surface area contributed by atoms with Gasteiger partial charge in [0, 0.05) is 20.4 Å². The zero-order valence-electron chi connectivity index (χ0n) is 9.70. The predicted molar refractivity (Wildman–Crippen MR) is 58.1 cm³/mol. The van der Waals surface area contributed by atoms with Crippen LogP contribution in [0, 0.1) is 0 Å². The topological polar surface area (TPSA) is 86.2 Å². The quantitative estimate of drug-likeness (QED) is 0.790. The van der Waals surface area contributed by atoms with Gasteiger partial charge in [0.15, 0.2) is 0 Å². The van der Waals surface area contributed by atoms with Gasteiger partial charge in [-0.2, -0.15) is 10.1 Å². The number of hydrogen-bond acceptors (Lipinski definition) is 6. The second-order valence-corrected chi connectivity index (χ2v) is 3.70. The van der Waals surface area contributed by atoms with E-state index in [9.17, 15) is 5.11 Å². The zero-order chi connectivity index (χ0) is 12.3. The van der Waals surface area contributed by atoms with Crippen LogP contribution in [0.5, 0.6) is 0 Å². The summed E-state index contributed by atoms with van der Waals surface area (Å²) in [5, 5.41) is 17.5. The Balaban J connectivity index is 2.05. The van der Waals surface area contributed by atoms with Crippen molar-refractivity contribution < 1.29 is 14.4 Å². The third-order valence-electron chi connectivity index (χ3n) is 2.18. The summed E-state index contributed by atoms with van der Waals surface area (Å²) in [4.78, 5) is 4.15. The van der Waals surface area contributed by atoms with Gasteiger partial charge in [0.1, 0.15) is 5.69 Å². The monoisotopic (exact) mass is 238 g/mol. The van der Waals surface area contributed by atoms with Gasteiger partial charge in [-0.3, -0.25) is 4.68 Å². The highest BCUT2D eigenvalue weighted by Gasteiger charge is 2.14. The van der Waals surface area contributed by atoms with Crippen molar-refractivity contribution in [1.29, 1.82) is 0 Å². The maximum atomic E-state index is 9.51. The highest BCUT2D eigenvalue weighted by molar-refractivity contribution is 5.46. The highest BCUT2D eigenvalue weighted by atomic mass is 16.5. The van der Waals surface area contributed by atoms with Crippen LogP contribution in [0.2, 0.25) is 0 Å². The third kappa shape index (κ3) is 2.89. The second kappa shape index (κ2) is 5.07. The first-order valence-electron chi connectivity index (χ1n) is 5.18. The van der Waals surface area contributed by atoms with Gasteiger partial charge in [0.2, 0.25) is 11.7 Å². The molecule has 2 heterocycles. The molecule has 0 fully saturated rings. The number of aromatic nitrogens is 4. The lowest BCUT2D eigenvalue weighted by atomic mass is 10.3. The largest absolute Gasteiger partial charge is 0.390 e. The normalized spacial score (nSPS) is 12.9. The minimum Gasteiger partial charge on any atom is -0.390 e. The molecule has 0 radical (unpaired) electrons. The number of aliphatic hydroxyl groups excluding tert-OH is 1. The molecule has 0 aliphatic carbocycles. The van der Waals surface area contributed by atoms with Gasteiger partial charge >= 0.3 is 0 Å². The lowest BCUT2D eigenvalue weighted by molar-refractivity contribution is 0.0599.